The first-order chi connectivity index (χ1) is 7.31. The van der Waals surface area contributed by atoms with Crippen LogP contribution in [0.3, 0.4) is 0 Å². The molecule has 2 aliphatic rings. The SMILES string of the molecule is OCCN(CC1COCCC1O)C1CC1. The predicted molar refractivity (Wildman–Crippen MR) is 56.6 cm³/mol. The fourth-order valence-corrected chi connectivity index (χ4v) is 2.25. The van der Waals surface area contributed by atoms with Crippen LogP contribution < -0.4 is 0 Å². The number of hydrogen-bond donors (Lipinski definition) is 2. The molecular weight excluding hydrogens is 194 g/mol. The molecule has 1 aliphatic carbocycles. The number of aliphatic hydroxyl groups is 2. The first kappa shape index (κ1) is 11.3. The molecule has 2 rings (SSSR count). The van der Waals surface area contributed by atoms with Crippen molar-refractivity contribution < 1.29 is 14.9 Å². The third kappa shape index (κ3) is 3.14. The van der Waals surface area contributed by atoms with Crippen molar-refractivity contribution in [3.8, 4) is 0 Å². The van der Waals surface area contributed by atoms with Gasteiger partial charge in [-0.05, 0) is 19.3 Å². The van der Waals surface area contributed by atoms with Gasteiger partial charge in [0.15, 0.2) is 0 Å². The van der Waals surface area contributed by atoms with E-state index in [2.05, 4.69) is 4.90 Å². The molecule has 2 fully saturated rings. The zero-order valence-corrected chi connectivity index (χ0v) is 9.14. The second-order valence-corrected chi connectivity index (χ2v) is 4.64. The minimum absolute atomic E-state index is 0.209. The van der Waals surface area contributed by atoms with Crippen LogP contribution in [-0.2, 0) is 4.74 Å². The van der Waals surface area contributed by atoms with Gasteiger partial charge in [-0.25, -0.2) is 0 Å². The number of rotatable bonds is 5. The van der Waals surface area contributed by atoms with E-state index in [4.69, 9.17) is 9.84 Å². The van der Waals surface area contributed by atoms with Crippen LogP contribution in [0.2, 0.25) is 0 Å². The van der Waals surface area contributed by atoms with Gasteiger partial charge < -0.3 is 14.9 Å². The Morgan fingerprint density at radius 3 is 2.67 bits per heavy atom. The van der Waals surface area contributed by atoms with Gasteiger partial charge in [0.25, 0.3) is 0 Å². The van der Waals surface area contributed by atoms with E-state index in [1.165, 1.54) is 12.8 Å². The Morgan fingerprint density at radius 2 is 2.07 bits per heavy atom. The van der Waals surface area contributed by atoms with Crippen LogP contribution in [-0.4, -0.2) is 60.2 Å². The third-order valence-electron chi connectivity index (χ3n) is 3.35. The average Bonchev–Trinajstić information content (AvgIpc) is 3.04. The highest BCUT2D eigenvalue weighted by Gasteiger charge is 2.33. The molecule has 2 N–H and O–H groups in total. The van der Waals surface area contributed by atoms with E-state index in [1.807, 2.05) is 0 Å². The number of nitrogens with zero attached hydrogens (tertiary/aromatic N) is 1. The maximum Gasteiger partial charge on any atom is 0.0624 e. The van der Waals surface area contributed by atoms with Crippen LogP contribution >= 0.6 is 0 Å². The summed E-state index contributed by atoms with van der Waals surface area (Å²) in [6.45, 7) is 3.15. The van der Waals surface area contributed by atoms with Crippen molar-refractivity contribution in [3.63, 3.8) is 0 Å². The van der Waals surface area contributed by atoms with Gasteiger partial charge in [0.2, 0.25) is 0 Å². The van der Waals surface area contributed by atoms with Crippen molar-refractivity contribution in [2.24, 2.45) is 5.92 Å². The van der Waals surface area contributed by atoms with Crippen LogP contribution in [0.4, 0.5) is 0 Å². The topological polar surface area (TPSA) is 52.9 Å². The minimum Gasteiger partial charge on any atom is -0.395 e. The van der Waals surface area contributed by atoms with Crippen LogP contribution in [0.15, 0.2) is 0 Å². The molecule has 15 heavy (non-hydrogen) atoms. The summed E-state index contributed by atoms with van der Waals surface area (Å²) >= 11 is 0. The van der Waals surface area contributed by atoms with E-state index in [9.17, 15) is 5.11 Å². The maximum atomic E-state index is 9.82. The fraction of sp³-hybridized carbons (Fsp3) is 1.00. The van der Waals surface area contributed by atoms with Crippen LogP contribution in [0.1, 0.15) is 19.3 Å². The van der Waals surface area contributed by atoms with E-state index < -0.39 is 0 Å². The smallest absolute Gasteiger partial charge is 0.0624 e. The molecule has 88 valence electrons. The monoisotopic (exact) mass is 215 g/mol. The summed E-state index contributed by atoms with van der Waals surface area (Å²) in [6, 6.07) is 0.645. The summed E-state index contributed by atoms with van der Waals surface area (Å²) in [7, 11) is 0. The molecule has 1 heterocycles. The zero-order chi connectivity index (χ0) is 10.7. The molecule has 0 bridgehead atoms. The van der Waals surface area contributed by atoms with Crippen molar-refractivity contribution in [3.05, 3.63) is 0 Å². The third-order valence-corrected chi connectivity index (χ3v) is 3.35. The Bertz CT molecular complexity index is 194. The number of hydrogen-bond acceptors (Lipinski definition) is 4. The quantitative estimate of drug-likeness (QED) is 0.669. The van der Waals surface area contributed by atoms with Gasteiger partial charge in [-0.3, -0.25) is 4.90 Å². The molecule has 0 aromatic heterocycles. The van der Waals surface area contributed by atoms with Gasteiger partial charge in [0.05, 0.1) is 19.3 Å². The molecule has 2 atom stereocenters. The highest BCUT2D eigenvalue weighted by atomic mass is 16.5. The maximum absolute atomic E-state index is 9.82. The molecule has 4 nitrogen and oxygen atoms in total. The van der Waals surface area contributed by atoms with Crippen molar-refractivity contribution in [1.29, 1.82) is 0 Å². The molecule has 0 aromatic carbocycles. The molecule has 4 heteroatoms. The second-order valence-electron chi connectivity index (χ2n) is 4.64. The summed E-state index contributed by atoms with van der Waals surface area (Å²) in [5, 5.41) is 18.8. The summed E-state index contributed by atoms with van der Waals surface area (Å²) in [5.41, 5.74) is 0. The lowest BCUT2D eigenvalue weighted by atomic mass is 9.98. The highest BCUT2D eigenvalue weighted by Crippen LogP contribution is 2.28. The van der Waals surface area contributed by atoms with Crippen LogP contribution in [0, 0.1) is 5.92 Å². The lowest BCUT2D eigenvalue weighted by molar-refractivity contribution is -0.0484. The summed E-state index contributed by atoms with van der Waals surface area (Å²) < 4.78 is 5.38. The van der Waals surface area contributed by atoms with Gasteiger partial charge in [-0.2, -0.15) is 0 Å². The minimum atomic E-state index is -0.223. The molecule has 1 aliphatic heterocycles. The first-order valence-corrected chi connectivity index (χ1v) is 5.92. The number of aliphatic hydroxyl groups excluding tert-OH is 2. The van der Waals surface area contributed by atoms with Gasteiger partial charge in [-0.1, -0.05) is 0 Å². The van der Waals surface area contributed by atoms with Crippen molar-refractivity contribution in [1.82, 2.24) is 4.90 Å². The normalized spacial score (nSPS) is 32.2. The van der Waals surface area contributed by atoms with Crippen molar-refractivity contribution >= 4 is 0 Å². The lowest BCUT2D eigenvalue weighted by Crippen LogP contribution is -2.42. The largest absolute Gasteiger partial charge is 0.395 e. The Kier molecular flexibility index (Phi) is 3.97. The van der Waals surface area contributed by atoms with Gasteiger partial charge >= 0.3 is 0 Å². The van der Waals surface area contributed by atoms with E-state index >= 15 is 0 Å². The van der Waals surface area contributed by atoms with E-state index in [0.717, 1.165) is 19.5 Å². The molecule has 1 saturated heterocycles. The molecule has 0 amide bonds. The highest BCUT2D eigenvalue weighted by molar-refractivity contribution is 4.87. The molecule has 0 spiro atoms. The molecule has 0 aromatic rings. The van der Waals surface area contributed by atoms with E-state index in [1.54, 1.807) is 0 Å². The van der Waals surface area contributed by atoms with Crippen molar-refractivity contribution in [2.45, 2.75) is 31.4 Å². The van der Waals surface area contributed by atoms with Crippen LogP contribution in [0.25, 0.3) is 0 Å². The molecule has 1 saturated carbocycles. The molecule has 0 radical (unpaired) electrons. The Morgan fingerprint density at radius 1 is 1.27 bits per heavy atom. The Balaban J connectivity index is 1.81. The van der Waals surface area contributed by atoms with Crippen LogP contribution in [0.5, 0.6) is 0 Å². The van der Waals surface area contributed by atoms with Gasteiger partial charge in [-0.15, -0.1) is 0 Å². The van der Waals surface area contributed by atoms with E-state index in [0.29, 0.717) is 19.3 Å². The summed E-state index contributed by atoms with van der Waals surface area (Å²) in [5.74, 6) is 0.228. The Hall–Kier alpha value is -0.160. The van der Waals surface area contributed by atoms with Crippen molar-refractivity contribution in [2.75, 3.05) is 32.9 Å². The van der Waals surface area contributed by atoms with Gasteiger partial charge in [0.1, 0.15) is 0 Å². The standard InChI is InChI=1S/C11H21NO3/c13-5-4-12(10-1-2-10)7-9-8-15-6-3-11(9)14/h9-11,13-14H,1-8H2. The average molecular weight is 215 g/mol. The fourth-order valence-electron chi connectivity index (χ4n) is 2.25. The number of ether oxygens (including phenoxy) is 1. The molecule has 2 unspecified atom stereocenters. The Labute approximate surface area is 90.8 Å². The summed E-state index contributed by atoms with van der Waals surface area (Å²) in [6.07, 6.45) is 3.01. The second kappa shape index (κ2) is 5.25. The first-order valence-electron chi connectivity index (χ1n) is 5.92. The zero-order valence-electron chi connectivity index (χ0n) is 9.14. The van der Waals surface area contributed by atoms with E-state index in [-0.39, 0.29) is 18.6 Å². The molecular formula is C11H21NO3. The summed E-state index contributed by atoms with van der Waals surface area (Å²) in [4.78, 5) is 2.29. The van der Waals surface area contributed by atoms with Gasteiger partial charge in [0, 0.05) is 31.7 Å². The lowest BCUT2D eigenvalue weighted by Gasteiger charge is -2.32. The predicted octanol–water partition coefficient (Wildman–Crippen LogP) is -0.160.